The van der Waals surface area contributed by atoms with Crippen LogP contribution in [0.4, 0.5) is 0 Å². The molecule has 2 unspecified atom stereocenters. The molecule has 4 rings (SSSR count). The first-order chi connectivity index (χ1) is 8.33. The van der Waals surface area contributed by atoms with Crippen LogP contribution in [0.3, 0.4) is 0 Å². The number of nitrogens with zero attached hydrogens (tertiary/aromatic N) is 2. The van der Waals surface area contributed by atoms with Gasteiger partial charge in [0.25, 0.3) is 0 Å². The normalized spacial score (nSPS) is 33.6. The molecule has 2 atom stereocenters. The predicted octanol–water partition coefficient (Wildman–Crippen LogP) is 1.83. The van der Waals surface area contributed by atoms with E-state index in [2.05, 4.69) is 34.3 Å². The molecule has 0 spiro atoms. The Balaban J connectivity index is 1.64. The third kappa shape index (κ3) is 2.35. The zero-order valence-corrected chi connectivity index (χ0v) is 10.5. The minimum Gasteiger partial charge on any atom is -0.306 e. The highest BCUT2D eigenvalue weighted by atomic mass is 15.2. The third-order valence-electron chi connectivity index (χ3n) is 4.33. The monoisotopic (exact) mass is 231 g/mol. The Morgan fingerprint density at radius 2 is 2.00 bits per heavy atom. The summed E-state index contributed by atoms with van der Waals surface area (Å²) < 4.78 is 0. The van der Waals surface area contributed by atoms with Crippen molar-refractivity contribution in [3.63, 3.8) is 0 Å². The fourth-order valence-electron chi connectivity index (χ4n) is 3.22. The van der Waals surface area contributed by atoms with E-state index in [0.717, 1.165) is 5.92 Å². The molecule has 4 heterocycles. The maximum atomic E-state index is 4.08. The maximum absolute atomic E-state index is 4.08. The van der Waals surface area contributed by atoms with Crippen LogP contribution in [0.25, 0.3) is 0 Å². The van der Waals surface area contributed by atoms with Crippen LogP contribution in [0.1, 0.15) is 31.4 Å². The minimum atomic E-state index is 0.434. The second kappa shape index (κ2) is 4.75. The first kappa shape index (κ1) is 11.2. The van der Waals surface area contributed by atoms with E-state index >= 15 is 0 Å². The van der Waals surface area contributed by atoms with E-state index in [4.69, 9.17) is 0 Å². The summed E-state index contributed by atoms with van der Waals surface area (Å²) in [6.07, 6.45) is 6.51. The lowest BCUT2D eigenvalue weighted by Crippen LogP contribution is -2.56. The Morgan fingerprint density at radius 1 is 1.29 bits per heavy atom. The zero-order valence-electron chi connectivity index (χ0n) is 10.5. The molecule has 3 aliphatic heterocycles. The lowest BCUT2D eigenvalue weighted by molar-refractivity contribution is 0.0680. The van der Waals surface area contributed by atoms with E-state index in [9.17, 15) is 0 Å². The van der Waals surface area contributed by atoms with Crippen LogP contribution in [0.5, 0.6) is 0 Å². The summed E-state index contributed by atoms with van der Waals surface area (Å²) in [6, 6.07) is 5.34. The average molecular weight is 231 g/mol. The summed E-state index contributed by atoms with van der Waals surface area (Å²) in [5.74, 6) is 0.893. The van der Waals surface area contributed by atoms with Gasteiger partial charge in [-0.05, 0) is 56.5 Å². The molecule has 17 heavy (non-hydrogen) atoms. The standard InChI is InChI=1S/C14H21N3/c1-11(12-2-6-15-7-3-12)16-14-10-17-8-4-13(14)5-9-17/h2-3,6-7,11,13-14,16H,4-5,8-10H2,1H3. The second-order valence-electron chi connectivity index (χ2n) is 5.41. The van der Waals surface area contributed by atoms with E-state index < -0.39 is 0 Å². The van der Waals surface area contributed by atoms with Gasteiger partial charge in [0.1, 0.15) is 0 Å². The number of hydrogen-bond acceptors (Lipinski definition) is 3. The van der Waals surface area contributed by atoms with Crippen LogP contribution in [0, 0.1) is 5.92 Å². The van der Waals surface area contributed by atoms with Gasteiger partial charge in [-0.1, -0.05) is 0 Å². The molecule has 3 aliphatic rings. The fraction of sp³-hybridized carbons (Fsp3) is 0.643. The van der Waals surface area contributed by atoms with Crippen molar-refractivity contribution in [2.75, 3.05) is 19.6 Å². The van der Waals surface area contributed by atoms with Crippen molar-refractivity contribution in [2.45, 2.75) is 31.8 Å². The molecule has 2 bridgehead atoms. The highest BCUT2D eigenvalue weighted by Gasteiger charge is 2.34. The van der Waals surface area contributed by atoms with Crippen LogP contribution in [0.2, 0.25) is 0 Å². The quantitative estimate of drug-likeness (QED) is 0.860. The van der Waals surface area contributed by atoms with Crippen LogP contribution < -0.4 is 5.32 Å². The molecule has 0 aliphatic carbocycles. The number of pyridine rings is 1. The SMILES string of the molecule is CC(NC1CN2CCC1CC2)c1ccncc1. The van der Waals surface area contributed by atoms with Gasteiger partial charge in [0, 0.05) is 31.0 Å². The smallest absolute Gasteiger partial charge is 0.0296 e. The fourth-order valence-corrected chi connectivity index (χ4v) is 3.22. The average Bonchev–Trinajstić information content (AvgIpc) is 2.41. The summed E-state index contributed by atoms with van der Waals surface area (Å²) in [4.78, 5) is 6.67. The highest BCUT2D eigenvalue weighted by molar-refractivity contribution is 5.14. The van der Waals surface area contributed by atoms with Gasteiger partial charge >= 0.3 is 0 Å². The van der Waals surface area contributed by atoms with Crippen LogP contribution in [-0.4, -0.2) is 35.6 Å². The number of fused-ring (bicyclic) bond motifs is 3. The number of piperidine rings is 3. The molecule has 3 fully saturated rings. The molecular formula is C14H21N3. The number of nitrogens with one attached hydrogen (secondary N) is 1. The molecule has 1 N–H and O–H groups in total. The van der Waals surface area contributed by atoms with Crippen molar-refractivity contribution in [1.29, 1.82) is 0 Å². The largest absolute Gasteiger partial charge is 0.306 e. The molecule has 0 aromatic carbocycles. The van der Waals surface area contributed by atoms with E-state index in [1.54, 1.807) is 0 Å². The lowest BCUT2D eigenvalue weighted by Gasteiger charge is -2.46. The summed E-state index contributed by atoms with van der Waals surface area (Å²) >= 11 is 0. The van der Waals surface area contributed by atoms with Crippen LogP contribution >= 0.6 is 0 Å². The van der Waals surface area contributed by atoms with Crippen molar-refractivity contribution in [2.24, 2.45) is 5.92 Å². The Morgan fingerprint density at radius 3 is 2.59 bits per heavy atom. The number of hydrogen-bond donors (Lipinski definition) is 1. The molecule has 1 aromatic rings. The van der Waals surface area contributed by atoms with Gasteiger partial charge in [0.15, 0.2) is 0 Å². The summed E-state index contributed by atoms with van der Waals surface area (Å²) in [7, 11) is 0. The van der Waals surface area contributed by atoms with Gasteiger partial charge in [0.05, 0.1) is 0 Å². The highest BCUT2D eigenvalue weighted by Crippen LogP contribution is 2.29. The maximum Gasteiger partial charge on any atom is 0.0296 e. The van der Waals surface area contributed by atoms with Gasteiger partial charge in [0.2, 0.25) is 0 Å². The van der Waals surface area contributed by atoms with Crippen molar-refractivity contribution < 1.29 is 0 Å². The van der Waals surface area contributed by atoms with Crippen molar-refractivity contribution >= 4 is 0 Å². The van der Waals surface area contributed by atoms with Crippen LogP contribution in [0.15, 0.2) is 24.5 Å². The number of aromatic nitrogens is 1. The second-order valence-corrected chi connectivity index (χ2v) is 5.41. The van der Waals surface area contributed by atoms with Crippen molar-refractivity contribution in [1.82, 2.24) is 15.2 Å². The van der Waals surface area contributed by atoms with E-state index in [1.807, 2.05) is 12.4 Å². The summed E-state index contributed by atoms with van der Waals surface area (Å²) in [5.41, 5.74) is 1.34. The zero-order chi connectivity index (χ0) is 11.7. The molecule has 0 radical (unpaired) electrons. The van der Waals surface area contributed by atoms with Gasteiger partial charge in [-0.3, -0.25) is 4.98 Å². The minimum absolute atomic E-state index is 0.434. The van der Waals surface area contributed by atoms with Gasteiger partial charge in [-0.25, -0.2) is 0 Å². The van der Waals surface area contributed by atoms with E-state index in [-0.39, 0.29) is 0 Å². The Labute approximate surface area is 103 Å². The molecule has 0 saturated carbocycles. The Hall–Kier alpha value is -0.930. The molecule has 1 aromatic heterocycles. The Bertz CT molecular complexity index is 357. The molecule has 92 valence electrons. The number of rotatable bonds is 3. The van der Waals surface area contributed by atoms with Crippen molar-refractivity contribution in [3.8, 4) is 0 Å². The van der Waals surface area contributed by atoms with Crippen molar-refractivity contribution in [3.05, 3.63) is 30.1 Å². The molecule has 3 saturated heterocycles. The topological polar surface area (TPSA) is 28.2 Å². The molecule has 3 nitrogen and oxygen atoms in total. The molecule has 3 heteroatoms. The lowest BCUT2D eigenvalue weighted by atomic mass is 9.83. The first-order valence-electron chi connectivity index (χ1n) is 6.71. The molecule has 0 amide bonds. The first-order valence-corrected chi connectivity index (χ1v) is 6.71. The van der Waals surface area contributed by atoms with E-state index in [0.29, 0.717) is 12.1 Å². The van der Waals surface area contributed by atoms with E-state index in [1.165, 1.54) is 38.0 Å². The predicted molar refractivity (Wildman–Crippen MR) is 68.7 cm³/mol. The molecular weight excluding hydrogens is 210 g/mol. The van der Waals surface area contributed by atoms with Gasteiger partial charge in [-0.2, -0.15) is 0 Å². The summed E-state index contributed by atoms with van der Waals surface area (Å²) in [5, 5.41) is 3.80. The Kier molecular flexibility index (Phi) is 3.12. The summed E-state index contributed by atoms with van der Waals surface area (Å²) in [6.45, 7) is 6.12. The van der Waals surface area contributed by atoms with Gasteiger partial charge < -0.3 is 10.2 Å². The van der Waals surface area contributed by atoms with Crippen LogP contribution in [-0.2, 0) is 0 Å². The third-order valence-corrected chi connectivity index (χ3v) is 4.33. The van der Waals surface area contributed by atoms with Gasteiger partial charge in [-0.15, -0.1) is 0 Å².